The number of hydrogen-bond donors (Lipinski definition) is 1. The van der Waals surface area contributed by atoms with E-state index in [4.69, 9.17) is 14.6 Å². The number of aliphatic hydroxyl groups is 1. The first kappa shape index (κ1) is 14.8. The van der Waals surface area contributed by atoms with E-state index >= 15 is 0 Å². The second kappa shape index (κ2) is 8.54. The first-order valence-electron chi connectivity index (χ1n) is 6.86. The lowest BCUT2D eigenvalue weighted by Crippen LogP contribution is -2.38. The van der Waals surface area contributed by atoms with Gasteiger partial charge in [-0.15, -0.1) is 0 Å². The van der Waals surface area contributed by atoms with Crippen LogP contribution in [0.15, 0.2) is 18.5 Å². The molecule has 0 spiro atoms. The molecule has 5 nitrogen and oxygen atoms in total. The molecule has 0 aliphatic carbocycles. The number of nitrogens with zero attached hydrogens (tertiary/aromatic N) is 2. The van der Waals surface area contributed by atoms with Gasteiger partial charge in [0.1, 0.15) is 12.4 Å². The summed E-state index contributed by atoms with van der Waals surface area (Å²) in [4.78, 5) is 6.43. The number of aromatic nitrogens is 1. The Hall–Kier alpha value is -1.61. The van der Waals surface area contributed by atoms with Gasteiger partial charge in [0.25, 0.3) is 0 Å². The van der Waals surface area contributed by atoms with E-state index in [1.165, 1.54) is 0 Å². The molecule has 1 fully saturated rings. The van der Waals surface area contributed by atoms with Crippen LogP contribution in [0.3, 0.4) is 0 Å². The van der Waals surface area contributed by atoms with Crippen molar-refractivity contribution in [2.75, 3.05) is 46.1 Å². The molecule has 1 saturated heterocycles. The van der Waals surface area contributed by atoms with Crippen molar-refractivity contribution in [1.82, 2.24) is 9.88 Å². The molecule has 1 aromatic rings. The molecule has 1 aromatic heterocycles. The molecular formula is C15H20N2O3. The zero-order chi connectivity index (χ0) is 14.0. The van der Waals surface area contributed by atoms with Crippen molar-refractivity contribution in [2.45, 2.75) is 6.42 Å². The Labute approximate surface area is 119 Å². The molecule has 0 saturated carbocycles. The third-order valence-electron chi connectivity index (χ3n) is 2.96. The fraction of sp³-hybridized carbons (Fsp3) is 0.533. The standard InChI is InChI=1S/C15H20N2O3/c18-7-2-1-3-14-11-15(13-16-12-14)20-10-6-17-4-8-19-9-5-17/h11-13,18H,2,4-10H2. The lowest BCUT2D eigenvalue weighted by Gasteiger charge is -2.26. The van der Waals surface area contributed by atoms with Gasteiger partial charge >= 0.3 is 0 Å². The maximum atomic E-state index is 8.68. The minimum Gasteiger partial charge on any atom is -0.491 e. The van der Waals surface area contributed by atoms with Crippen LogP contribution in [0.5, 0.6) is 5.75 Å². The van der Waals surface area contributed by atoms with Crippen molar-refractivity contribution in [3.63, 3.8) is 0 Å². The summed E-state index contributed by atoms with van der Waals surface area (Å²) in [5.41, 5.74) is 0.808. The number of rotatable bonds is 5. The minimum absolute atomic E-state index is 0.0795. The zero-order valence-electron chi connectivity index (χ0n) is 11.5. The van der Waals surface area contributed by atoms with Crippen LogP contribution in [0.1, 0.15) is 12.0 Å². The van der Waals surface area contributed by atoms with E-state index in [1.807, 2.05) is 6.07 Å². The molecule has 1 N–H and O–H groups in total. The summed E-state index contributed by atoms with van der Waals surface area (Å²) in [6.07, 6.45) is 3.86. The fourth-order valence-corrected chi connectivity index (χ4v) is 1.90. The molecule has 1 aliphatic heterocycles. The molecule has 5 heteroatoms. The highest BCUT2D eigenvalue weighted by molar-refractivity contribution is 5.36. The van der Waals surface area contributed by atoms with Gasteiger partial charge in [-0.2, -0.15) is 0 Å². The van der Waals surface area contributed by atoms with Gasteiger partial charge in [-0.1, -0.05) is 11.8 Å². The zero-order valence-corrected chi connectivity index (χ0v) is 11.5. The smallest absolute Gasteiger partial charge is 0.138 e. The van der Waals surface area contributed by atoms with Gasteiger partial charge in [0.05, 0.1) is 26.0 Å². The third kappa shape index (κ3) is 5.17. The van der Waals surface area contributed by atoms with E-state index in [2.05, 4.69) is 21.7 Å². The van der Waals surface area contributed by atoms with Crippen molar-refractivity contribution in [3.8, 4) is 17.6 Å². The second-order valence-electron chi connectivity index (χ2n) is 4.49. The molecule has 0 atom stereocenters. The molecular weight excluding hydrogens is 256 g/mol. The molecule has 0 radical (unpaired) electrons. The lowest BCUT2D eigenvalue weighted by atomic mass is 10.2. The molecule has 20 heavy (non-hydrogen) atoms. The van der Waals surface area contributed by atoms with E-state index in [-0.39, 0.29) is 6.61 Å². The lowest BCUT2D eigenvalue weighted by molar-refractivity contribution is 0.0322. The molecule has 2 rings (SSSR count). The summed E-state index contributed by atoms with van der Waals surface area (Å²) in [5.74, 6) is 6.55. The van der Waals surface area contributed by atoms with E-state index in [0.717, 1.165) is 44.2 Å². The minimum atomic E-state index is 0.0795. The molecule has 0 unspecified atom stereocenters. The Balaban J connectivity index is 1.77. The van der Waals surface area contributed by atoms with Gasteiger partial charge in [-0.25, -0.2) is 0 Å². The van der Waals surface area contributed by atoms with Crippen LogP contribution in [0, 0.1) is 11.8 Å². The van der Waals surface area contributed by atoms with E-state index in [9.17, 15) is 0 Å². The summed E-state index contributed by atoms with van der Waals surface area (Å²) >= 11 is 0. The first-order chi connectivity index (χ1) is 9.88. The largest absolute Gasteiger partial charge is 0.491 e. The fourth-order valence-electron chi connectivity index (χ4n) is 1.90. The van der Waals surface area contributed by atoms with Crippen LogP contribution < -0.4 is 4.74 Å². The number of morpholine rings is 1. The van der Waals surface area contributed by atoms with Gasteiger partial charge in [-0.3, -0.25) is 9.88 Å². The topological polar surface area (TPSA) is 54.8 Å². The SMILES string of the molecule is OCCC#Cc1cncc(OCCN2CCOCC2)c1. The van der Waals surface area contributed by atoms with Crippen LogP contribution in [-0.4, -0.2) is 61.1 Å². The Morgan fingerprint density at radius 3 is 3.00 bits per heavy atom. The Bertz CT molecular complexity index is 462. The van der Waals surface area contributed by atoms with E-state index < -0.39 is 0 Å². The van der Waals surface area contributed by atoms with Crippen LogP contribution in [0.2, 0.25) is 0 Å². The van der Waals surface area contributed by atoms with Gasteiger partial charge in [0, 0.05) is 37.8 Å². The maximum Gasteiger partial charge on any atom is 0.138 e. The maximum absolute atomic E-state index is 8.68. The van der Waals surface area contributed by atoms with Crippen molar-refractivity contribution in [3.05, 3.63) is 24.0 Å². The quantitative estimate of drug-likeness (QED) is 0.795. The van der Waals surface area contributed by atoms with Crippen molar-refractivity contribution in [2.24, 2.45) is 0 Å². The molecule has 2 heterocycles. The average Bonchev–Trinajstić information content (AvgIpc) is 2.49. The summed E-state index contributed by atoms with van der Waals surface area (Å²) < 4.78 is 11.0. The third-order valence-corrected chi connectivity index (χ3v) is 2.96. The second-order valence-corrected chi connectivity index (χ2v) is 4.49. The monoisotopic (exact) mass is 276 g/mol. The summed E-state index contributed by atoms with van der Waals surface area (Å²) in [7, 11) is 0. The normalized spacial score (nSPS) is 15.4. The van der Waals surface area contributed by atoms with E-state index in [0.29, 0.717) is 13.0 Å². The van der Waals surface area contributed by atoms with Crippen molar-refractivity contribution in [1.29, 1.82) is 0 Å². The molecule has 0 aromatic carbocycles. The molecule has 0 amide bonds. The summed E-state index contributed by atoms with van der Waals surface area (Å²) in [5, 5.41) is 8.68. The van der Waals surface area contributed by atoms with Crippen LogP contribution >= 0.6 is 0 Å². The van der Waals surface area contributed by atoms with Crippen LogP contribution in [-0.2, 0) is 4.74 Å². The Morgan fingerprint density at radius 2 is 2.20 bits per heavy atom. The summed E-state index contributed by atoms with van der Waals surface area (Å²) in [6.45, 7) is 5.15. The van der Waals surface area contributed by atoms with E-state index in [1.54, 1.807) is 12.4 Å². The Kier molecular flexibility index (Phi) is 6.32. The number of pyridine rings is 1. The molecule has 0 bridgehead atoms. The highest BCUT2D eigenvalue weighted by atomic mass is 16.5. The van der Waals surface area contributed by atoms with Gasteiger partial charge in [0.15, 0.2) is 0 Å². The molecule has 108 valence electrons. The number of ether oxygens (including phenoxy) is 2. The van der Waals surface area contributed by atoms with Crippen LogP contribution in [0.25, 0.3) is 0 Å². The van der Waals surface area contributed by atoms with Gasteiger partial charge < -0.3 is 14.6 Å². The predicted octanol–water partition coefficient (Wildman–Crippen LogP) is 0.526. The van der Waals surface area contributed by atoms with Crippen LogP contribution in [0.4, 0.5) is 0 Å². The van der Waals surface area contributed by atoms with Gasteiger partial charge in [0.2, 0.25) is 0 Å². The van der Waals surface area contributed by atoms with Gasteiger partial charge in [-0.05, 0) is 6.07 Å². The number of aliphatic hydroxyl groups excluding tert-OH is 1. The highest BCUT2D eigenvalue weighted by Gasteiger charge is 2.09. The number of hydrogen-bond acceptors (Lipinski definition) is 5. The average molecular weight is 276 g/mol. The Morgan fingerprint density at radius 1 is 1.35 bits per heavy atom. The van der Waals surface area contributed by atoms with Crippen molar-refractivity contribution >= 4 is 0 Å². The molecule has 1 aliphatic rings. The predicted molar refractivity (Wildman–Crippen MR) is 75.6 cm³/mol. The summed E-state index contributed by atoms with van der Waals surface area (Å²) in [6, 6.07) is 1.87. The first-order valence-corrected chi connectivity index (χ1v) is 6.86. The van der Waals surface area contributed by atoms with Crippen molar-refractivity contribution < 1.29 is 14.6 Å². The highest BCUT2D eigenvalue weighted by Crippen LogP contribution is 2.10.